The lowest BCUT2D eigenvalue weighted by atomic mass is 10.0. The maximum atomic E-state index is 5.99. The second kappa shape index (κ2) is 3.13. The van der Waals surface area contributed by atoms with Crippen molar-refractivity contribution in [2.24, 2.45) is 11.1 Å². The summed E-state index contributed by atoms with van der Waals surface area (Å²) in [5.41, 5.74) is 7.37. The molecule has 0 radical (unpaired) electrons. The zero-order valence-electron chi connectivity index (χ0n) is 8.22. The first-order valence-electron chi connectivity index (χ1n) is 4.65. The Labute approximate surface area is 94.2 Å². The summed E-state index contributed by atoms with van der Waals surface area (Å²) >= 11 is 11.8. The molecule has 2 atom stereocenters. The Kier molecular flexibility index (Phi) is 2.30. The summed E-state index contributed by atoms with van der Waals surface area (Å²) in [6.07, 6.45) is 0. The van der Waals surface area contributed by atoms with Gasteiger partial charge in [-0.3, -0.25) is 0 Å². The number of halogens is 2. The summed E-state index contributed by atoms with van der Waals surface area (Å²) in [5.74, 6) is 0.414. The van der Waals surface area contributed by atoms with Gasteiger partial charge in [0, 0.05) is 12.0 Å². The van der Waals surface area contributed by atoms with E-state index < -0.39 is 0 Å². The summed E-state index contributed by atoms with van der Waals surface area (Å²) in [6, 6.07) is 6.00. The molecule has 76 valence electrons. The van der Waals surface area contributed by atoms with E-state index in [1.807, 2.05) is 18.2 Å². The van der Waals surface area contributed by atoms with Gasteiger partial charge >= 0.3 is 0 Å². The molecule has 0 unspecified atom stereocenters. The van der Waals surface area contributed by atoms with Crippen LogP contribution in [0.3, 0.4) is 0 Å². The van der Waals surface area contributed by atoms with Crippen molar-refractivity contribution in [3.8, 4) is 0 Å². The molecule has 1 aromatic carbocycles. The van der Waals surface area contributed by atoms with Crippen LogP contribution in [-0.2, 0) is 0 Å². The van der Waals surface area contributed by atoms with E-state index in [0.717, 1.165) is 0 Å². The Morgan fingerprint density at radius 2 is 1.79 bits per heavy atom. The maximum absolute atomic E-state index is 5.99. The average Bonchev–Trinajstić information content (AvgIpc) is 2.58. The van der Waals surface area contributed by atoms with Gasteiger partial charge in [0.25, 0.3) is 0 Å². The summed E-state index contributed by atoms with van der Waals surface area (Å²) in [5, 5.41) is 1.21. The highest BCUT2D eigenvalue weighted by Gasteiger charge is 2.56. The number of rotatable bonds is 1. The van der Waals surface area contributed by atoms with E-state index in [4.69, 9.17) is 28.9 Å². The van der Waals surface area contributed by atoms with E-state index in [0.29, 0.717) is 16.0 Å². The molecule has 0 amide bonds. The first-order chi connectivity index (χ1) is 6.44. The zero-order valence-corrected chi connectivity index (χ0v) is 9.73. The van der Waals surface area contributed by atoms with Gasteiger partial charge in [-0.25, -0.2) is 0 Å². The largest absolute Gasteiger partial charge is 0.327 e. The quantitative estimate of drug-likeness (QED) is 0.785. The minimum atomic E-state index is 0.192. The second-order valence-electron chi connectivity index (χ2n) is 4.50. The van der Waals surface area contributed by atoms with E-state index in [9.17, 15) is 0 Å². The SMILES string of the molecule is CC1(C)[C@@H](N)[C@@H]1c1ccc(Cl)c(Cl)c1. The van der Waals surface area contributed by atoms with Gasteiger partial charge in [-0.15, -0.1) is 0 Å². The van der Waals surface area contributed by atoms with Gasteiger partial charge in [0.15, 0.2) is 0 Å². The van der Waals surface area contributed by atoms with Crippen LogP contribution in [0.4, 0.5) is 0 Å². The first-order valence-corrected chi connectivity index (χ1v) is 5.40. The van der Waals surface area contributed by atoms with Gasteiger partial charge < -0.3 is 5.73 Å². The Bertz CT molecular complexity index is 374. The first kappa shape index (κ1) is 10.3. The summed E-state index contributed by atoms with van der Waals surface area (Å²) in [4.78, 5) is 0. The number of hydrogen-bond acceptors (Lipinski definition) is 1. The van der Waals surface area contributed by atoms with Crippen LogP contribution in [0.5, 0.6) is 0 Å². The predicted octanol–water partition coefficient (Wildman–Crippen LogP) is 3.44. The molecule has 1 aliphatic rings. The third-order valence-corrected chi connectivity index (χ3v) is 3.95. The van der Waals surface area contributed by atoms with Gasteiger partial charge in [-0.1, -0.05) is 43.1 Å². The van der Waals surface area contributed by atoms with Crippen LogP contribution in [-0.4, -0.2) is 6.04 Å². The van der Waals surface area contributed by atoms with E-state index in [2.05, 4.69) is 13.8 Å². The Hall–Kier alpha value is -0.240. The average molecular weight is 230 g/mol. The molecular weight excluding hydrogens is 217 g/mol. The van der Waals surface area contributed by atoms with Gasteiger partial charge in [-0.2, -0.15) is 0 Å². The molecule has 14 heavy (non-hydrogen) atoms. The molecule has 0 heterocycles. The van der Waals surface area contributed by atoms with Crippen LogP contribution in [0.25, 0.3) is 0 Å². The van der Waals surface area contributed by atoms with Crippen LogP contribution in [0, 0.1) is 5.41 Å². The zero-order chi connectivity index (χ0) is 10.5. The van der Waals surface area contributed by atoms with Gasteiger partial charge in [0.05, 0.1) is 10.0 Å². The lowest BCUT2D eigenvalue weighted by Gasteiger charge is -2.04. The van der Waals surface area contributed by atoms with Crippen molar-refractivity contribution >= 4 is 23.2 Å². The minimum Gasteiger partial charge on any atom is -0.327 e. The summed E-state index contributed by atoms with van der Waals surface area (Å²) in [6.45, 7) is 4.34. The highest BCUT2D eigenvalue weighted by atomic mass is 35.5. The highest BCUT2D eigenvalue weighted by Crippen LogP contribution is 2.57. The molecular formula is C11H13Cl2N. The number of nitrogens with two attached hydrogens (primary N) is 1. The summed E-state index contributed by atoms with van der Waals surface area (Å²) in [7, 11) is 0. The van der Waals surface area contributed by atoms with Gasteiger partial charge in [-0.05, 0) is 23.1 Å². The molecule has 1 aliphatic carbocycles. The lowest BCUT2D eigenvalue weighted by Crippen LogP contribution is -2.06. The van der Waals surface area contributed by atoms with Crippen LogP contribution in [0.15, 0.2) is 18.2 Å². The standard InChI is InChI=1S/C11H13Cl2N/c1-11(2)9(10(11)14)6-3-4-7(12)8(13)5-6/h3-5,9-10H,14H2,1-2H3/t9-,10-/m0/s1. The van der Waals surface area contributed by atoms with Gasteiger partial charge in [0.1, 0.15) is 0 Å². The maximum Gasteiger partial charge on any atom is 0.0595 e. The van der Waals surface area contributed by atoms with E-state index in [1.54, 1.807) is 0 Å². The fourth-order valence-electron chi connectivity index (χ4n) is 2.02. The Morgan fingerprint density at radius 1 is 1.21 bits per heavy atom. The molecule has 1 saturated carbocycles. The second-order valence-corrected chi connectivity index (χ2v) is 5.31. The molecule has 2 N–H and O–H groups in total. The van der Waals surface area contributed by atoms with E-state index in [-0.39, 0.29) is 11.5 Å². The van der Waals surface area contributed by atoms with E-state index >= 15 is 0 Å². The topological polar surface area (TPSA) is 26.0 Å². The predicted molar refractivity (Wildman–Crippen MR) is 61.0 cm³/mol. The van der Waals surface area contributed by atoms with Crippen LogP contribution in [0.2, 0.25) is 10.0 Å². The van der Waals surface area contributed by atoms with Crippen molar-refractivity contribution in [2.45, 2.75) is 25.8 Å². The lowest BCUT2D eigenvalue weighted by molar-refractivity contribution is 0.599. The molecule has 0 aromatic heterocycles. The van der Waals surface area contributed by atoms with Gasteiger partial charge in [0.2, 0.25) is 0 Å². The minimum absolute atomic E-state index is 0.192. The molecule has 2 rings (SSSR count). The third-order valence-electron chi connectivity index (χ3n) is 3.21. The molecule has 3 heteroatoms. The number of hydrogen-bond donors (Lipinski definition) is 1. The highest BCUT2D eigenvalue weighted by molar-refractivity contribution is 6.42. The normalized spacial score (nSPS) is 28.9. The van der Waals surface area contributed by atoms with Crippen molar-refractivity contribution in [3.63, 3.8) is 0 Å². The molecule has 0 bridgehead atoms. The van der Waals surface area contributed by atoms with Crippen LogP contribution < -0.4 is 5.73 Å². The fourth-order valence-corrected chi connectivity index (χ4v) is 2.33. The van der Waals surface area contributed by atoms with Crippen LogP contribution >= 0.6 is 23.2 Å². The van der Waals surface area contributed by atoms with E-state index in [1.165, 1.54) is 5.56 Å². The summed E-state index contributed by atoms with van der Waals surface area (Å²) < 4.78 is 0. The monoisotopic (exact) mass is 229 g/mol. The van der Waals surface area contributed by atoms with Crippen molar-refractivity contribution in [2.75, 3.05) is 0 Å². The Balaban J connectivity index is 2.32. The molecule has 0 aliphatic heterocycles. The van der Waals surface area contributed by atoms with Crippen molar-refractivity contribution in [3.05, 3.63) is 33.8 Å². The van der Waals surface area contributed by atoms with Crippen molar-refractivity contribution in [1.82, 2.24) is 0 Å². The molecule has 1 aromatic rings. The smallest absolute Gasteiger partial charge is 0.0595 e. The van der Waals surface area contributed by atoms with Crippen molar-refractivity contribution < 1.29 is 0 Å². The number of benzene rings is 1. The molecule has 0 spiro atoms. The van der Waals surface area contributed by atoms with Crippen molar-refractivity contribution in [1.29, 1.82) is 0 Å². The fraction of sp³-hybridized carbons (Fsp3) is 0.455. The molecule has 1 nitrogen and oxygen atoms in total. The van der Waals surface area contributed by atoms with Crippen LogP contribution in [0.1, 0.15) is 25.3 Å². The Morgan fingerprint density at radius 3 is 2.21 bits per heavy atom. The molecule has 0 saturated heterocycles. The third kappa shape index (κ3) is 1.44. The molecule has 1 fully saturated rings.